The molecule has 0 amide bonds. The number of nitrogens with one attached hydrogen (secondary N) is 1. The minimum absolute atomic E-state index is 0.0280. The summed E-state index contributed by atoms with van der Waals surface area (Å²) < 4.78 is 43.5. The Labute approximate surface area is 152 Å². The number of aromatic nitrogens is 3. The van der Waals surface area contributed by atoms with E-state index in [4.69, 9.17) is 16.9 Å². The molecule has 27 heavy (non-hydrogen) atoms. The van der Waals surface area contributed by atoms with E-state index in [1.54, 1.807) is 30.3 Å². The maximum Gasteiger partial charge on any atom is 0.433 e. The maximum absolute atomic E-state index is 12.7. The van der Waals surface area contributed by atoms with Gasteiger partial charge in [0.2, 0.25) is 5.95 Å². The van der Waals surface area contributed by atoms with Gasteiger partial charge in [0.25, 0.3) is 0 Å². The van der Waals surface area contributed by atoms with Crippen LogP contribution in [0.15, 0.2) is 48.7 Å². The predicted octanol–water partition coefficient (Wildman–Crippen LogP) is 3.99. The van der Waals surface area contributed by atoms with Crippen molar-refractivity contribution in [2.45, 2.75) is 6.18 Å². The van der Waals surface area contributed by atoms with Gasteiger partial charge < -0.3 is 15.8 Å². The van der Waals surface area contributed by atoms with E-state index in [2.05, 4.69) is 26.2 Å². The highest BCUT2D eigenvalue weighted by Crippen LogP contribution is 2.31. The quantitative estimate of drug-likeness (QED) is 0.675. The second-order valence-electron chi connectivity index (χ2n) is 5.27. The van der Waals surface area contributed by atoms with Crippen LogP contribution in [0.3, 0.4) is 0 Å². The molecule has 0 aliphatic rings. The predicted molar refractivity (Wildman–Crippen MR) is 93.4 cm³/mol. The van der Waals surface area contributed by atoms with Crippen molar-refractivity contribution in [2.75, 3.05) is 11.1 Å². The first kappa shape index (κ1) is 18.0. The molecule has 1 aromatic carbocycles. The minimum atomic E-state index is -4.54. The second-order valence-corrected chi connectivity index (χ2v) is 5.27. The van der Waals surface area contributed by atoms with Gasteiger partial charge in [-0.25, -0.2) is 4.98 Å². The number of rotatable bonds is 4. The van der Waals surface area contributed by atoms with Gasteiger partial charge in [0, 0.05) is 24.0 Å². The molecule has 3 N–H and O–H groups in total. The van der Waals surface area contributed by atoms with Crippen molar-refractivity contribution in [1.82, 2.24) is 15.0 Å². The van der Waals surface area contributed by atoms with Crippen molar-refractivity contribution in [3.05, 3.63) is 60.0 Å². The Bertz CT molecular complexity index is 997. The number of hydrogen-bond acceptors (Lipinski definition) is 6. The van der Waals surface area contributed by atoms with Crippen LogP contribution in [0.2, 0.25) is 0 Å². The first-order valence-electron chi connectivity index (χ1n) is 7.53. The Hall–Kier alpha value is -3.80. The lowest BCUT2D eigenvalue weighted by atomic mass is 10.3. The van der Waals surface area contributed by atoms with Gasteiger partial charge in [-0.05, 0) is 36.3 Å². The number of benzene rings is 1. The van der Waals surface area contributed by atoms with Gasteiger partial charge in [-0.15, -0.1) is 6.42 Å². The molecule has 0 spiro atoms. The Morgan fingerprint density at radius 2 is 1.78 bits per heavy atom. The number of nitrogens with zero attached hydrogens (tertiary/aromatic N) is 3. The molecular formula is C18H12F3N5O. The fourth-order valence-corrected chi connectivity index (χ4v) is 2.12. The second kappa shape index (κ2) is 7.21. The summed E-state index contributed by atoms with van der Waals surface area (Å²) in [5, 5.41) is 3.00. The van der Waals surface area contributed by atoms with Crippen molar-refractivity contribution < 1.29 is 17.9 Å². The van der Waals surface area contributed by atoms with Crippen LogP contribution in [0.5, 0.6) is 11.5 Å². The number of terminal acetylenes is 1. The van der Waals surface area contributed by atoms with E-state index in [1.165, 1.54) is 6.07 Å². The van der Waals surface area contributed by atoms with E-state index in [9.17, 15) is 13.2 Å². The summed E-state index contributed by atoms with van der Waals surface area (Å²) in [6.07, 6.45) is 1.80. The highest BCUT2D eigenvalue weighted by Gasteiger charge is 2.32. The molecule has 2 heterocycles. The summed E-state index contributed by atoms with van der Waals surface area (Å²) in [7, 11) is 0. The molecule has 3 aromatic rings. The van der Waals surface area contributed by atoms with Crippen molar-refractivity contribution in [2.24, 2.45) is 0 Å². The Morgan fingerprint density at radius 3 is 2.44 bits per heavy atom. The zero-order valence-electron chi connectivity index (χ0n) is 13.7. The molecule has 9 heteroatoms. The molecule has 0 aliphatic carbocycles. The van der Waals surface area contributed by atoms with E-state index in [0.29, 0.717) is 22.9 Å². The lowest BCUT2D eigenvalue weighted by Crippen LogP contribution is -2.07. The van der Waals surface area contributed by atoms with Crippen LogP contribution >= 0.6 is 0 Å². The highest BCUT2D eigenvalue weighted by atomic mass is 19.4. The van der Waals surface area contributed by atoms with Crippen LogP contribution in [0, 0.1) is 12.3 Å². The summed E-state index contributed by atoms with van der Waals surface area (Å²) >= 11 is 0. The van der Waals surface area contributed by atoms with E-state index in [1.807, 2.05) is 0 Å². The monoisotopic (exact) mass is 371 g/mol. The number of halogens is 3. The van der Waals surface area contributed by atoms with Crippen LogP contribution in [-0.4, -0.2) is 15.0 Å². The smallest absolute Gasteiger partial charge is 0.433 e. The topological polar surface area (TPSA) is 86.0 Å². The third kappa shape index (κ3) is 4.64. The molecular weight excluding hydrogens is 359 g/mol. The zero-order valence-corrected chi connectivity index (χ0v) is 13.7. The molecule has 0 unspecified atom stereocenters. The Kier molecular flexibility index (Phi) is 4.81. The molecule has 0 saturated carbocycles. The van der Waals surface area contributed by atoms with Gasteiger partial charge in [0.05, 0.1) is 0 Å². The number of anilines is 3. The first-order chi connectivity index (χ1) is 12.8. The fourth-order valence-electron chi connectivity index (χ4n) is 2.12. The first-order valence-corrected chi connectivity index (χ1v) is 7.53. The van der Waals surface area contributed by atoms with Crippen molar-refractivity contribution in [3.8, 4) is 23.8 Å². The van der Waals surface area contributed by atoms with Gasteiger partial charge in [0.1, 0.15) is 28.7 Å². The Morgan fingerprint density at radius 1 is 1.04 bits per heavy atom. The lowest BCUT2D eigenvalue weighted by Gasteiger charge is -2.10. The molecule has 0 atom stereocenters. The van der Waals surface area contributed by atoms with E-state index < -0.39 is 11.9 Å². The summed E-state index contributed by atoms with van der Waals surface area (Å²) in [4.78, 5) is 11.2. The average Bonchev–Trinajstić information content (AvgIpc) is 2.62. The van der Waals surface area contributed by atoms with Gasteiger partial charge >= 0.3 is 6.18 Å². The lowest BCUT2D eigenvalue weighted by molar-refractivity contribution is -0.141. The largest absolute Gasteiger partial charge is 0.457 e. The number of nitrogen functional groups attached to an aromatic ring is 1. The zero-order chi connectivity index (χ0) is 19.4. The molecule has 0 saturated heterocycles. The molecule has 3 rings (SSSR count). The van der Waals surface area contributed by atoms with Crippen LogP contribution in [0.4, 0.5) is 30.6 Å². The number of pyridine rings is 1. The normalized spacial score (nSPS) is 10.9. The van der Waals surface area contributed by atoms with Crippen molar-refractivity contribution in [3.63, 3.8) is 0 Å². The molecule has 0 fully saturated rings. The molecule has 136 valence electrons. The van der Waals surface area contributed by atoms with Crippen molar-refractivity contribution in [1.29, 1.82) is 0 Å². The number of alkyl halides is 3. The highest BCUT2D eigenvalue weighted by molar-refractivity contribution is 5.59. The molecule has 6 nitrogen and oxygen atoms in total. The molecule has 0 aliphatic heterocycles. The number of ether oxygens (including phenoxy) is 1. The minimum Gasteiger partial charge on any atom is -0.457 e. The number of nitrogens with two attached hydrogens (primary N) is 1. The average molecular weight is 371 g/mol. The summed E-state index contributed by atoms with van der Waals surface area (Å²) in [5.74, 6) is 3.19. The van der Waals surface area contributed by atoms with E-state index >= 15 is 0 Å². The van der Waals surface area contributed by atoms with Crippen LogP contribution < -0.4 is 15.8 Å². The van der Waals surface area contributed by atoms with Crippen LogP contribution in [0.25, 0.3) is 0 Å². The molecule has 0 radical (unpaired) electrons. The molecule has 2 aromatic heterocycles. The van der Waals surface area contributed by atoms with E-state index in [-0.39, 0.29) is 11.7 Å². The SMILES string of the molecule is C#Cc1cc(Nc2ccc(Oc3ccnc(C(F)(F)F)c3)cc2)nc(N)n1. The van der Waals surface area contributed by atoms with Gasteiger partial charge in [-0.2, -0.15) is 18.2 Å². The summed E-state index contributed by atoms with van der Waals surface area (Å²) in [6, 6.07) is 10.2. The molecule has 0 bridgehead atoms. The van der Waals surface area contributed by atoms with Crippen molar-refractivity contribution >= 4 is 17.5 Å². The summed E-state index contributed by atoms with van der Waals surface area (Å²) in [6.45, 7) is 0. The fraction of sp³-hybridized carbons (Fsp3) is 0.0556. The van der Waals surface area contributed by atoms with Gasteiger partial charge in [0.15, 0.2) is 0 Å². The van der Waals surface area contributed by atoms with Crippen LogP contribution in [-0.2, 0) is 6.18 Å². The van der Waals surface area contributed by atoms with Crippen LogP contribution in [0.1, 0.15) is 11.4 Å². The standard InChI is InChI=1S/C18H12F3N5O/c1-2-11-9-16(26-17(22)25-11)24-12-3-5-13(6-4-12)27-14-7-8-23-15(10-14)18(19,20)21/h1,3-10H,(H3,22,24,25,26). The van der Waals surface area contributed by atoms with E-state index in [0.717, 1.165) is 12.3 Å². The third-order valence-electron chi connectivity index (χ3n) is 3.28. The van der Waals surface area contributed by atoms with Gasteiger partial charge in [-0.3, -0.25) is 4.98 Å². The third-order valence-corrected chi connectivity index (χ3v) is 3.28. The maximum atomic E-state index is 12.7. The summed E-state index contributed by atoms with van der Waals surface area (Å²) in [5.41, 5.74) is 5.54. The number of hydrogen-bond donors (Lipinski definition) is 2. The van der Waals surface area contributed by atoms with Gasteiger partial charge in [-0.1, -0.05) is 0 Å². The Balaban J connectivity index is 1.73.